The number of likely N-dealkylation sites (N-methyl/N-ethyl adjacent to an activating group) is 1. The van der Waals surface area contributed by atoms with Crippen molar-refractivity contribution in [2.75, 3.05) is 44.7 Å². The first-order valence-electron chi connectivity index (χ1n) is 10.6. The Morgan fingerprint density at radius 1 is 1.09 bits per heavy atom. The van der Waals surface area contributed by atoms with E-state index >= 15 is 0 Å². The molecule has 0 aliphatic carbocycles. The van der Waals surface area contributed by atoms with E-state index in [9.17, 15) is 14.9 Å². The zero-order valence-corrected chi connectivity index (χ0v) is 18.7. The number of nitrogens with zero attached hydrogens (tertiary/aromatic N) is 6. The third-order valence-corrected chi connectivity index (χ3v) is 6.30. The topological polar surface area (TPSA) is 94.7 Å². The Hall–Kier alpha value is -2.30. The molecule has 172 valence electrons. The van der Waals surface area contributed by atoms with Crippen LogP contribution < -0.4 is 4.90 Å². The van der Waals surface area contributed by atoms with Gasteiger partial charge in [0.15, 0.2) is 0 Å². The fourth-order valence-corrected chi connectivity index (χ4v) is 4.40. The molecule has 0 spiro atoms. The number of fused-ring (bicyclic) bond motifs is 3. The van der Waals surface area contributed by atoms with Crippen LogP contribution in [0.1, 0.15) is 11.1 Å². The number of benzene rings is 2. The van der Waals surface area contributed by atoms with Crippen LogP contribution in [0.2, 0.25) is 5.02 Å². The molecule has 0 N–H and O–H groups in total. The Balaban J connectivity index is 0.00000274. The molecular formula is C23H23CaClN6O3. The first-order valence-corrected chi connectivity index (χ1v) is 10.9. The maximum atomic E-state index is 13.4. The molecule has 2 aromatic rings. The Morgan fingerprint density at radius 2 is 1.82 bits per heavy atom. The molecule has 9 nitrogen and oxygen atoms in total. The number of piperazine rings is 1. The third kappa shape index (κ3) is 4.63. The average Bonchev–Trinajstić information content (AvgIpc) is 3.01. The monoisotopic (exact) mass is 506 g/mol. The fourth-order valence-electron chi connectivity index (χ4n) is 4.17. The summed E-state index contributed by atoms with van der Waals surface area (Å²) in [4.78, 5) is 39.6. The van der Waals surface area contributed by atoms with Crippen molar-refractivity contribution in [3.8, 4) is 0 Å². The SMILES string of the molecule is CN1CCN(/C=C2\N=C3CN=C(c4ccccc4Cl)c4cc([N+](=O)[O-])ccc4N3C2=O)CC1.[CaH2]. The van der Waals surface area contributed by atoms with Gasteiger partial charge in [0.2, 0.25) is 0 Å². The summed E-state index contributed by atoms with van der Waals surface area (Å²) in [6.07, 6.45) is 1.81. The summed E-state index contributed by atoms with van der Waals surface area (Å²) in [7, 11) is 2.07. The van der Waals surface area contributed by atoms with E-state index in [-0.39, 0.29) is 55.9 Å². The van der Waals surface area contributed by atoms with Gasteiger partial charge in [-0.05, 0) is 19.2 Å². The number of hydrogen-bond donors (Lipinski definition) is 0. The number of amides is 1. The molecule has 11 heteroatoms. The molecule has 0 atom stereocenters. The molecule has 3 aliphatic rings. The molecule has 34 heavy (non-hydrogen) atoms. The number of carbonyl (C=O) groups excluding carboxylic acids is 1. The molecular weight excluding hydrogens is 484 g/mol. The molecule has 1 fully saturated rings. The van der Waals surface area contributed by atoms with Crippen LogP contribution in [0.25, 0.3) is 0 Å². The second-order valence-corrected chi connectivity index (χ2v) is 8.53. The van der Waals surface area contributed by atoms with E-state index in [0.29, 0.717) is 39.1 Å². The quantitative estimate of drug-likeness (QED) is 0.275. The summed E-state index contributed by atoms with van der Waals surface area (Å²) in [5.74, 6) is 0.215. The number of carbonyl (C=O) groups is 1. The molecule has 0 radical (unpaired) electrons. The molecule has 1 amide bonds. The fraction of sp³-hybridized carbons (Fsp3) is 0.261. The number of nitro groups is 1. The number of aliphatic imine (C=N–C) groups is 2. The second kappa shape index (κ2) is 10.1. The van der Waals surface area contributed by atoms with Crippen molar-refractivity contribution in [3.63, 3.8) is 0 Å². The van der Waals surface area contributed by atoms with Gasteiger partial charge in [0.25, 0.3) is 11.6 Å². The molecule has 0 bridgehead atoms. The summed E-state index contributed by atoms with van der Waals surface area (Å²) >= 11 is 6.43. The number of anilines is 1. The van der Waals surface area contributed by atoms with Gasteiger partial charge in [0.1, 0.15) is 11.5 Å². The van der Waals surface area contributed by atoms with Gasteiger partial charge in [0.05, 0.1) is 22.9 Å². The molecule has 5 rings (SSSR count). The van der Waals surface area contributed by atoms with Gasteiger partial charge in [-0.2, -0.15) is 0 Å². The molecule has 2 aromatic carbocycles. The van der Waals surface area contributed by atoms with Gasteiger partial charge in [-0.25, -0.2) is 4.99 Å². The van der Waals surface area contributed by atoms with Crippen molar-refractivity contribution >= 4 is 78.2 Å². The van der Waals surface area contributed by atoms with E-state index in [1.807, 2.05) is 12.1 Å². The number of rotatable bonds is 3. The Kier molecular flexibility index (Phi) is 7.39. The summed E-state index contributed by atoms with van der Waals surface area (Å²) in [6.45, 7) is 3.60. The van der Waals surface area contributed by atoms with Gasteiger partial charge in [-0.1, -0.05) is 29.8 Å². The molecule has 3 aliphatic heterocycles. The number of non-ortho nitro benzene ring substituents is 1. The van der Waals surface area contributed by atoms with Crippen LogP contribution in [-0.2, 0) is 4.79 Å². The third-order valence-electron chi connectivity index (χ3n) is 5.97. The predicted molar refractivity (Wildman–Crippen MR) is 136 cm³/mol. The van der Waals surface area contributed by atoms with E-state index in [1.54, 1.807) is 24.4 Å². The van der Waals surface area contributed by atoms with Crippen LogP contribution in [0.15, 0.2) is 64.3 Å². The van der Waals surface area contributed by atoms with Crippen molar-refractivity contribution < 1.29 is 9.72 Å². The summed E-state index contributed by atoms with van der Waals surface area (Å²) in [5, 5.41) is 12.0. The van der Waals surface area contributed by atoms with Crippen LogP contribution in [0.5, 0.6) is 0 Å². The van der Waals surface area contributed by atoms with E-state index in [1.165, 1.54) is 17.0 Å². The van der Waals surface area contributed by atoms with Crippen molar-refractivity contribution in [1.82, 2.24) is 9.80 Å². The number of hydrogen-bond acceptors (Lipinski definition) is 7. The zero-order valence-electron chi connectivity index (χ0n) is 17.9. The van der Waals surface area contributed by atoms with Gasteiger partial charge in [-0.3, -0.25) is 24.8 Å². The molecule has 3 heterocycles. The van der Waals surface area contributed by atoms with Crippen molar-refractivity contribution in [1.29, 1.82) is 0 Å². The van der Waals surface area contributed by atoms with E-state index in [2.05, 4.69) is 21.8 Å². The summed E-state index contributed by atoms with van der Waals surface area (Å²) in [5.41, 5.74) is 2.36. The maximum absolute atomic E-state index is 13.4. The standard InChI is InChI=1S/C23H21ClN6O3.Ca.2H/c1-27-8-10-28(11-9-27)14-19-23(31)29-20-7-6-15(30(32)33)12-17(20)22(25-13-21(29)26-19)16-4-2-3-5-18(16)24;;;/h2-7,12,14H,8-11,13H2,1H3;;;/b19-14-;;;. The minimum absolute atomic E-state index is 0. The van der Waals surface area contributed by atoms with Crippen LogP contribution in [0, 0.1) is 10.1 Å². The minimum atomic E-state index is -0.463. The Labute approximate surface area is 231 Å². The van der Waals surface area contributed by atoms with Crippen molar-refractivity contribution in [2.45, 2.75) is 0 Å². The summed E-state index contributed by atoms with van der Waals surface area (Å²) < 4.78 is 0. The molecule has 1 saturated heterocycles. The first kappa shape index (κ1) is 24.8. The van der Waals surface area contributed by atoms with Crippen LogP contribution >= 0.6 is 11.6 Å². The molecule has 0 aromatic heterocycles. The van der Waals surface area contributed by atoms with E-state index in [0.717, 1.165) is 26.2 Å². The van der Waals surface area contributed by atoms with Crippen LogP contribution in [0.4, 0.5) is 11.4 Å². The van der Waals surface area contributed by atoms with E-state index in [4.69, 9.17) is 16.6 Å². The summed E-state index contributed by atoms with van der Waals surface area (Å²) in [6, 6.07) is 11.6. The van der Waals surface area contributed by atoms with Gasteiger partial charge >= 0.3 is 37.7 Å². The average molecular weight is 507 g/mol. The second-order valence-electron chi connectivity index (χ2n) is 8.13. The van der Waals surface area contributed by atoms with Crippen LogP contribution in [-0.4, -0.2) is 110 Å². The molecule has 0 unspecified atom stereocenters. The zero-order chi connectivity index (χ0) is 23.1. The van der Waals surface area contributed by atoms with Gasteiger partial charge in [-0.15, -0.1) is 0 Å². The molecule has 0 saturated carbocycles. The number of amidine groups is 1. The van der Waals surface area contributed by atoms with Crippen molar-refractivity contribution in [3.05, 3.63) is 80.6 Å². The first-order chi connectivity index (χ1) is 15.9. The van der Waals surface area contributed by atoms with Crippen molar-refractivity contribution in [2.24, 2.45) is 9.98 Å². The number of halogens is 1. The number of nitro benzene ring substituents is 1. The van der Waals surface area contributed by atoms with Gasteiger partial charge in [0, 0.05) is 60.7 Å². The van der Waals surface area contributed by atoms with Gasteiger partial charge < -0.3 is 9.80 Å². The Morgan fingerprint density at radius 3 is 2.53 bits per heavy atom. The van der Waals surface area contributed by atoms with Crippen LogP contribution in [0.3, 0.4) is 0 Å². The Bertz CT molecular complexity index is 1250. The van der Waals surface area contributed by atoms with E-state index < -0.39 is 4.92 Å². The predicted octanol–water partition coefficient (Wildman–Crippen LogP) is 2.02. The normalized spacial score (nSPS) is 19.1.